The zero-order valence-corrected chi connectivity index (χ0v) is 16.1. The van der Waals surface area contributed by atoms with Gasteiger partial charge in [0, 0.05) is 37.6 Å². The normalized spacial score (nSPS) is 18.5. The van der Waals surface area contributed by atoms with Crippen LogP contribution in [-0.4, -0.2) is 53.0 Å². The highest BCUT2D eigenvalue weighted by atomic mass is 32.1. The Kier molecular flexibility index (Phi) is 3.90. The minimum atomic E-state index is -0.346. The third-order valence-electron chi connectivity index (χ3n) is 5.30. The summed E-state index contributed by atoms with van der Waals surface area (Å²) in [6, 6.07) is 4.74. The Morgan fingerprint density at radius 3 is 2.86 bits per heavy atom. The standard InChI is InChI=1S/C18H19FN6O2S/c1-26-14-8-11(19)2-3-12(14)13-9-21-16-25(13)23-17(28-16)24-6-4-18(5-7-24)10-22-15(20)27-18/h2-3,8-9H,4-7,10H2,1H3,(H2,20,22). The van der Waals surface area contributed by atoms with Gasteiger partial charge in [-0.3, -0.25) is 0 Å². The molecule has 3 aromatic rings. The van der Waals surface area contributed by atoms with Gasteiger partial charge in [-0.05, 0) is 12.1 Å². The molecule has 0 amide bonds. The maximum Gasteiger partial charge on any atom is 0.282 e. The van der Waals surface area contributed by atoms with Crippen molar-refractivity contribution in [3.63, 3.8) is 0 Å². The fourth-order valence-electron chi connectivity index (χ4n) is 3.74. The van der Waals surface area contributed by atoms with Gasteiger partial charge in [-0.2, -0.15) is 0 Å². The Morgan fingerprint density at radius 1 is 1.32 bits per heavy atom. The average molecular weight is 402 g/mol. The number of hydrogen-bond acceptors (Lipinski definition) is 8. The van der Waals surface area contributed by atoms with E-state index in [1.165, 1.54) is 30.6 Å². The number of benzene rings is 1. The molecule has 0 unspecified atom stereocenters. The summed E-state index contributed by atoms with van der Waals surface area (Å²) in [6.45, 7) is 2.26. The number of aromatic nitrogens is 3. The molecule has 2 aliphatic heterocycles. The van der Waals surface area contributed by atoms with Crippen molar-refractivity contribution in [2.45, 2.75) is 18.4 Å². The first-order valence-corrected chi connectivity index (χ1v) is 9.81. The minimum absolute atomic E-state index is 0.259. The van der Waals surface area contributed by atoms with Crippen molar-refractivity contribution in [2.24, 2.45) is 10.7 Å². The lowest BCUT2D eigenvalue weighted by Gasteiger charge is -2.37. The molecule has 5 rings (SSSR count). The number of imidazole rings is 1. The fourth-order valence-corrected chi connectivity index (χ4v) is 4.67. The number of ether oxygens (including phenoxy) is 2. The summed E-state index contributed by atoms with van der Waals surface area (Å²) in [5, 5.41) is 5.65. The molecule has 10 heteroatoms. The SMILES string of the molecule is COc1cc(F)ccc1-c1cnc2sc(N3CCC4(CC3)CN=C(N)O4)nn12. The third kappa shape index (κ3) is 2.75. The molecule has 1 fully saturated rings. The molecule has 28 heavy (non-hydrogen) atoms. The molecule has 1 saturated heterocycles. The van der Waals surface area contributed by atoms with Crippen LogP contribution in [0, 0.1) is 5.82 Å². The van der Waals surface area contributed by atoms with E-state index < -0.39 is 0 Å². The first kappa shape index (κ1) is 17.2. The molecule has 4 heterocycles. The molecule has 1 aromatic carbocycles. The molecule has 0 bridgehead atoms. The predicted octanol–water partition coefficient (Wildman–Crippen LogP) is 2.29. The van der Waals surface area contributed by atoms with Gasteiger partial charge in [-0.25, -0.2) is 18.9 Å². The van der Waals surface area contributed by atoms with Crippen LogP contribution >= 0.6 is 11.3 Å². The first-order chi connectivity index (χ1) is 13.6. The lowest BCUT2D eigenvalue weighted by molar-refractivity contribution is 0.0588. The predicted molar refractivity (Wildman–Crippen MR) is 105 cm³/mol. The number of piperidine rings is 1. The number of rotatable bonds is 3. The Morgan fingerprint density at radius 2 is 2.14 bits per heavy atom. The van der Waals surface area contributed by atoms with Crippen molar-refractivity contribution in [1.82, 2.24) is 14.6 Å². The molecule has 2 aromatic heterocycles. The smallest absolute Gasteiger partial charge is 0.282 e. The molecule has 0 atom stereocenters. The van der Waals surface area contributed by atoms with Crippen molar-refractivity contribution in [1.29, 1.82) is 0 Å². The largest absolute Gasteiger partial charge is 0.496 e. The Bertz CT molecular complexity index is 1070. The number of methoxy groups -OCH3 is 1. The topological polar surface area (TPSA) is 90.3 Å². The number of anilines is 1. The van der Waals surface area contributed by atoms with E-state index in [0.29, 0.717) is 18.3 Å². The van der Waals surface area contributed by atoms with E-state index >= 15 is 0 Å². The summed E-state index contributed by atoms with van der Waals surface area (Å²) in [6.07, 6.45) is 3.42. The minimum Gasteiger partial charge on any atom is -0.496 e. The molecule has 2 N–H and O–H groups in total. The second-order valence-electron chi connectivity index (χ2n) is 6.99. The molecular formula is C18H19FN6O2S. The molecule has 0 saturated carbocycles. The summed E-state index contributed by atoms with van der Waals surface area (Å²) in [7, 11) is 1.52. The summed E-state index contributed by atoms with van der Waals surface area (Å²) >= 11 is 1.53. The van der Waals surface area contributed by atoms with Crippen molar-refractivity contribution in [3.05, 3.63) is 30.2 Å². The van der Waals surface area contributed by atoms with Crippen LogP contribution in [0.1, 0.15) is 12.8 Å². The summed E-state index contributed by atoms with van der Waals surface area (Å²) < 4.78 is 26.4. The second kappa shape index (κ2) is 6.33. The quantitative estimate of drug-likeness (QED) is 0.723. The Balaban J connectivity index is 1.42. The summed E-state index contributed by atoms with van der Waals surface area (Å²) in [4.78, 5) is 11.7. The number of fused-ring (bicyclic) bond motifs is 1. The molecule has 1 spiro atoms. The van der Waals surface area contributed by atoms with Crippen molar-refractivity contribution in [2.75, 3.05) is 31.6 Å². The van der Waals surface area contributed by atoms with Gasteiger partial charge in [0.15, 0.2) is 0 Å². The van der Waals surface area contributed by atoms with Gasteiger partial charge in [0.25, 0.3) is 6.02 Å². The van der Waals surface area contributed by atoms with Crippen LogP contribution < -0.4 is 15.4 Å². The number of amidine groups is 1. The van der Waals surface area contributed by atoms with E-state index in [1.807, 2.05) is 0 Å². The molecule has 0 radical (unpaired) electrons. The highest BCUT2D eigenvalue weighted by Crippen LogP contribution is 2.36. The van der Waals surface area contributed by atoms with Crippen molar-refractivity contribution >= 4 is 27.5 Å². The van der Waals surface area contributed by atoms with Gasteiger partial charge in [0.1, 0.15) is 17.2 Å². The van der Waals surface area contributed by atoms with Gasteiger partial charge >= 0.3 is 0 Å². The second-order valence-corrected chi connectivity index (χ2v) is 7.93. The average Bonchev–Trinajstić information content (AvgIpc) is 3.37. The van der Waals surface area contributed by atoms with Crippen LogP contribution in [-0.2, 0) is 4.74 Å². The van der Waals surface area contributed by atoms with E-state index in [4.69, 9.17) is 20.3 Å². The van der Waals surface area contributed by atoms with E-state index in [9.17, 15) is 4.39 Å². The molecule has 146 valence electrons. The van der Waals surface area contributed by atoms with Crippen LogP contribution in [0.25, 0.3) is 16.2 Å². The fraction of sp³-hybridized carbons (Fsp3) is 0.389. The molecule has 2 aliphatic rings. The lowest BCUT2D eigenvalue weighted by Crippen LogP contribution is -2.47. The van der Waals surface area contributed by atoms with Gasteiger partial charge in [0.05, 0.1) is 25.5 Å². The number of nitrogens with two attached hydrogens (primary N) is 1. The number of halogens is 1. The maximum absolute atomic E-state index is 13.5. The van der Waals surface area contributed by atoms with Crippen LogP contribution in [0.15, 0.2) is 29.4 Å². The van der Waals surface area contributed by atoms with Crippen LogP contribution in [0.4, 0.5) is 9.52 Å². The molecule has 0 aliphatic carbocycles. The maximum atomic E-state index is 13.5. The van der Waals surface area contributed by atoms with Crippen LogP contribution in [0.3, 0.4) is 0 Å². The van der Waals surface area contributed by atoms with Gasteiger partial charge in [0.2, 0.25) is 10.1 Å². The zero-order chi connectivity index (χ0) is 19.3. The van der Waals surface area contributed by atoms with Crippen LogP contribution in [0.2, 0.25) is 0 Å². The molecule has 8 nitrogen and oxygen atoms in total. The highest BCUT2D eigenvalue weighted by Gasteiger charge is 2.41. The first-order valence-electron chi connectivity index (χ1n) is 8.99. The van der Waals surface area contributed by atoms with Gasteiger partial charge < -0.3 is 20.1 Å². The van der Waals surface area contributed by atoms with Crippen LogP contribution in [0.5, 0.6) is 5.75 Å². The summed E-state index contributed by atoms with van der Waals surface area (Å²) in [5.41, 5.74) is 6.94. The summed E-state index contributed by atoms with van der Waals surface area (Å²) in [5.74, 6) is 0.105. The molecular weight excluding hydrogens is 383 g/mol. The number of aliphatic imine (C=N–C) groups is 1. The van der Waals surface area contributed by atoms with Crippen molar-refractivity contribution in [3.8, 4) is 17.0 Å². The monoisotopic (exact) mass is 402 g/mol. The third-order valence-corrected chi connectivity index (χ3v) is 6.29. The highest BCUT2D eigenvalue weighted by molar-refractivity contribution is 7.20. The van der Waals surface area contributed by atoms with E-state index in [1.54, 1.807) is 16.8 Å². The Hall–Kier alpha value is -2.88. The lowest BCUT2D eigenvalue weighted by atomic mass is 9.92. The zero-order valence-electron chi connectivity index (χ0n) is 15.3. The number of hydrogen-bond donors (Lipinski definition) is 1. The van der Waals surface area contributed by atoms with Gasteiger partial charge in [-0.15, -0.1) is 5.10 Å². The van der Waals surface area contributed by atoms with Gasteiger partial charge in [-0.1, -0.05) is 11.3 Å². The van der Waals surface area contributed by atoms with E-state index in [0.717, 1.165) is 47.3 Å². The van der Waals surface area contributed by atoms with E-state index in [-0.39, 0.29) is 11.4 Å². The van der Waals surface area contributed by atoms with E-state index in [2.05, 4.69) is 14.9 Å². The van der Waals surface area contributed by atoms with Crippen molar-refractivity contribution < 1.29 is 13.9 Å². The number of nitrogens with zero attached hydrogens (tertiary/aromatic N) is 5. The Labute approximate surface area is 164 Å².